The van der Waals surface area contributed by atoms with E-state index in [0.717, 1.165) is 5.57 Å². The number of ether oxygens (including phenoxy) is 4. The van der Waals surface area contributed by atoms with Crippen LogP contribution in [0.25, 0.3) is 0 Å². The zero-order chi connectivity index (χ0) is 24.3. The molecule has 7 nitrogen and oxygen atoms in total. The van der Waals surface area contributed by atoms with Crippen LogP contribution in [0.15, 0.2) is 11.1 Å². The molecule has 9 atom stereocenters. The van der Waals surface area contributed by atoms with E-state index in [1.807, 2.05) is 13.8 Å². The van der Waals surface area contributed by atoms with Gasteiger partial charge < -0.3 is 18.9 Å². The van der Waals surface area contributed by atoms with Gasteiger partial charge in [0.25, 0.3) is 0 Å². The standard InChI is InChI=1S/C26H36O7/c1-12-10-26-21(31-22(29)33-26)19-24(8,20(28)15(4)18(14(12)3)23(26,6)7)13(2)9-17-25(19,11-30-17)32-16(5)27/h12-13,15,17,19,21H,9-11H2,1-8H3/t12-,13-,15+,17+,19-,21-,24+,25-,26+/m0/s1. The third-order valence-corrected chi connectivity index (χ3v) is 10.3. The molecule has 7 heteroatoms. The van der Waals surface area contributed by atoms with E-state index < -0.39 is 46.2 Å². The van der Waals surface area contributed by atoms with Crippen LogP contribution in [0.2, 0.25) is 0 Å². The highest BCUT2D eigenvalue weighted by atomic mass is 16.8. The molecule has 0 N–H and O–H groups in total. The van der Waals surface area contributed by atoms with Crippen LogP contribution in [0, 0.1) is 34.5 Å². The summed E-state index contributed by atoms with van der Waals surface area (Å²) < 4.78 is 24.2. The first-order chi connectivity index (χ1) is 15.2. The minimum atomic E-state index is -1.03. The summed E-state index contributed by atoms with van der Waals surface area (Å²) in [4.78, 5) is 39.7. The highest BCUT2D eigenvalue weighted by molar-refractivity contribution is 5.91. The molecular formula is C26H36O7. The summed E-state index contributed by atoms with van der Waals surface area (Å²) in [5.41, 5.74) is -1.27. The van der Waals surface area contributed by atoms with E-state index >= 15 is 0 Å². The van der Waals surface area contributed by atoms with Crippen molar-refractivity contribution in [2.75, 3.05) is 6.61 Å². The molecular weight excluding hydrogens is 424 g/mol. The molecule has 3 aliphatic carbocycles. The Morgan fingerprint density at radius 1 is 1.12 bits per heavy atom. The first-order valence-electron chi connectivity index (χ1n) is 12.2. The first-order valence-corrected chi connectivity index (χ1v) is 12.2. The highest BCUT2D eigenvalue weighted by Gasteiger charge is 2.79. The lowest BCUT2D eigenvalue weighted by Gasteiger charge is -2.67. The largest absolute Gasteiger partial charge is 0.509 e. The zero-order valence-electron chi connectivity index (χ0n) is 20.9. The Bertz CT molecular complexity index is 981. The Hall–Kier alpha value is -1.89. The van der Waals surface area contributed by atoms with Crippen molar-refractivity contribution in [3.63, 3.8) is 0 Å². The second kappa shape index (κ2) is 6.61. The van der Waals surface area contributed by atoms with Gasteiger partial charge in [0.15, 0.2) is 17.3 Å². The van der Waals surface area contributed by atoms with Crippen molar-refractivity contribution in [1.29, 1.82) is 0 Å². The summed E-state index contributed by atoms with van der Waals surface area (Å²) in [5, 5.41) is 0. The molecule has 0 amide bonds. The fourth-order valence-electron chi connectivity index (χ4n) is 8.43. The highest BCUT2D eigenvalue weighted by Crippen LogP contribution is 2.68. The zero-order valence-corrected chi connectivity index (χ0v) is 20.9. The fourth-order valence-corrected chi connectivity index (χ4v) is 8.43. The minimum absolute atomic E-state index is 0.0527. The summed E-state index contributed by atoms with van der Waals surface area (Å²) in [6, 6.07) is 0. The van der Waals surface area contributed by atoms with E-state index in [2.05, 4.69) is 34.6 Å². The van der Waals surface area contributed by atoms with E-state index in [1.54, 1.807) is 0 Å². The number of rotatable bonds is 1. The number of ketones is 1. The van der Waals surface area contributed by atoms with Crippen molar-refractivity contribution in [3.8, 4) is 0 Å². The third-order valence-electron chi connectivity index (χ3n) is 10.3. The molecule has 2 saturated carbocycles. The molecule has 0 unspecified atom stereocenters. The SMILES string of the molecule is CC(=O)O[C@@]12CO[C@@H]1C[C@H](C)[C@@]1(C)C(=O)[C@H](C)C3=C(C)[C@@H](C)C[C@]4(OC(=O)O[C@H]4[C@H]21)C3(C)C. The van der Waals surface area contributed by atoms with Crippen molar-refractivity contribution < 1.29 is 33.3 Å². The molecule has 33 heavy (non-hydrogen) atoms. The van der Waals surface area contributed by atoms with Gasteiger partial charge >= 0.3 is 12.1 Å². The molecule has 182 valence electrons. The van der Waals surface area contributed by atoms with Gasteiger partial charge in [-0.2, -0.15) is 0 Å². The lowest BCUT2D eigenvalue weighted by Crippen LogP contribution is -2.79. The Labute approximate surface area is 195 Å². The maximum Gasteiger partial charge on any atom is 0.509 e. The van der Waals surface area contributed by atoms with Crippen LogP contribution in [0.3, 0.4) is 0 Å². The van der Waals surface area contributed by atoms with Gasteiger partial charge in [-0.15, -0.1) is 0 Å². The van der Waals surface area contributed by atoms with Crippen molar-refractivity contribution in [2.24, 2.45) is 34.5 Å². The molecule has 5 aliphatic rings. The van der Waals surface area contributed by atoms with Crippen molar-refractivity contribution >= 4 is 17.9 Å². The third kappa shape index (κ3) is 2.47. The Morgan fingerprint density at radius 2 is 1.79 bits per heavy atom. The van der Waals surface area contributed by atoms with E-state index in [4.69, 9.17) is 18.9 Å². The molecule has 0 aromatic rings. The van der Waals surface area contributed by atoms with E-state index in [0.29, 0.717) is 12.8 Å². The molecule has 0 radical (unpaired) electrons. The monoisotopic (exact) mass is 460 g/mol. The number of esters is 1. The summed E-state index contributed by atoms with van der Waals surface area (Å²) in [7, 11) is 0. The van der Waals surface area contributed by atoms with Gasteiger partial charge in [-0.05, 0) is 31.6 Å². The molecule has 2 heterocycles. The van der Waals surface area contributed by atoms with Crippen LogP contribution < -0.4 is 0 Å². The van der Waals surface area contributed by atoms with Gasteiger partial charge in [0, 0.05) is 23.7 Å². The molecule has 4 fully saturated rings. The summed E-state index contributed by atoms with van der Waals surface area (Å²) >= 11 is 0. The van der Waals surface area contributed by atoms with Crippen molar-refractivity contribution in [3.05, 3.63) is 11.1 Å². The van der Waals surface area contributed by atoms with E-state index in [-0.39, 0.29) is 36.2 Å². The summed E-state index contributed by atoms with van der Waals surface area (Å²) in [5.74, 6) is -1.17. The van der Waals surface area contributed by atoms with Gasteiger partial charge in [-0.1, -0.05) is 52.7 Å². The van der Waals surface area contributed by atoms with Crippen LogP contribution >= 0.6 is 0 Å². The molecule has 2 bridgehead atoms. The normalized spacial score (nSPS) is 49.9. The summed E-state index contributed by atoms with van der Waals surface area (Å²) in [6.07, 6.45) is -0.591. The summed E-state index contributed by atoms with van der Waals surface area (Å²) in [6.45, 7) is 16.0. The topological polar surface area (TPSA) is 88.1 Å². The second-order valence-corrected chi connectivity index (χ2v) is 11.9. The quantitative estimate of drug-likeness (QED) is 0.427. The van der Waals surface area contributed by atoms with Crippen LogP contribution in [-0.2, 0) is 28.5 Å². The Balaban J connectivity index is 1.84. The van der Waals surface area contributed by atoms with Crippen LogP contribution in [-0.4, -0.2) is 47.9 Å². The van der Waals surface area contributed by atoms with Crippen LogP contribution in [0.1, 0.15) is 68.2 Å². The van der Waals surface area contributed by atoms with Crippen molar-refractivity contribution in [2.45, 2.75) is 91.6 Å². The van der Waals surface area contributed by atoms with Gasteiger partial charge in [0.2, 0.25) is 0 Å². The average Bonchev–Trinajstić information content (AvgIpc) is 3.03. The lowest BCUT2D eigenvalue weighted by molar-refractivity contribution is -0.330. The van der Waals surface area contributed by atoms with E-state index in [9.17, 15) is 14.4 Å². The second-order valence-electron chi connectivity index (χ2n) is 11.9. The molecule has 1 spiro atoms. The van der Waals surface area contributed by atoms with Crippen molar-refractivity contribution in [1.82, 2.24) is 0 Å². The fraction of sp³-hybridized carbons (Fsp3) is 0.808. The maximum absolute atomic E-state index is 14.5. The smallest absolute Gasteiger partial charge is 0.454 e. The molecule has 2 saturated heterocycles. The minimum Gasteiger partial charge on any atom is -0.454 e. The number of hydrogen-bond donors (Lipinski definition) is 0. The number of carbonyl (C=O) groups is 3. The number of allylic oxidation sites excluding steroid dienone is 1. The number of Topliss-reactive ketones (excluding diaryl/α,β-unsaturated/α-hetero) is 1. The molecule has 5 rings (SSSR count). The molecule has 2 aliphatic heterocycles. The first kappa shape index (κ1) is 22.9. The Morgan fingerprint density at radius 3 is 2.36 bits per heavy atom. The lowest BCUT2D eigenvalue weighted by atomic mass is 9.42. The van der Waals surface area contributed by atoms with Gasteiger partial charge in [0.1, 0.15) is 11.9 Å². The molecule has 0 aromatic heterocycles. The van der Waals surface area contributed by atoms with Gasteiger partial charge in [-0.25, -0.2) is 4.79 Å². The maximum atomic E-state index is 14.5. The van der Waals surface area contributed by atoms with Gasteiger partial charge in [-0.3, -0.25) is 9.59 Å². The molecule has 0 aromatic carbocycles. The predicted octanol–water partition coefficient (Wildman–Crippen LogP) is 4.22. The van der Waals surface area contributed by atoms with Crippen LogP contribution in [0.4, 0.5) is 4.79 Å². The number of carbonyl (C=O) groups excluding carboxylic acids is 3. The number of fused-ring (bicyclic) bond motifs is 5. The average molecular weight is 461 g/mol. The Kier molecular flexibility index (Phi) is 4.59. The van der Waals surface area contributed by atoms with Gasteiger partial charge in [0.05, 0.1) is 12.5 Å². The van der Waals surface area contributed by atoms with Crippen LogP contribution in [0.5, 0.6) is 0 Å². The van der Waals surface area contributed by atoms with E-state index in [1.165, 1.54) is 12.5 Å². The number of hydrogen-bond acceptors (Lipinski definition) is 7. The predicted molar refractivity (Wildman–Crippen MR) is 118 cm³/mol.